The molecule has 188 valence electrons. The smallest absolute Gasteiger partial charge is 0.383 e. The Morgan fingerprint density at radius 1 is 1.19 bits per heavy atom. The highest BCUT2D eigenvalue weighted by molar-refractivity contribution is 6.01. The number of halogens is 3. The first-order valence-electron chi connectivity index (χ1n) is 11.3. The summed E-state index contributed by atoms with van der Waals surface area (Å²) in [7, 11) is 1.62. The van der Waals surface area contributed by atoms with E-state index >= 15 is 0 Å². The van der Waals surface area contributed by atoms with E-state index in [0.29, 0.717) is 31.0 Å². The fourth-order valence-electron chi connectivity index (χ4n) is 3.88. The molecule has 3 aromatic rings. The number of ether oxygens (including phenoxy) is 1. The van der Waals surface area contributed by atoms with Crippen LogP contribution in [0, 0.1) is 0 Å². The molecule has 1 atom stereocenters. The van der Waals surface area contributed by atoms with Crippen LogP contribution in [-0.2, 0) is 27.7 Å². The Labute approximate surface area is 206 Å². The molecule has 0 aliphatic heterocycles. The van der Waals surface area contributed by atoms with Crippen molar-refractivity contribution in [2.75, 3.05) is 24.4 Å². The standard InChI is InChI=1S/C26H26F3N5O2/c1-18-8-10-25(11-9-18,24(35)33-21-5-3-4-19(14-21)26(27,28)29)20-6-7-23(30-15-20)32-22-16-31-34(17-22)12-13-36-2/h3-10,14-17H,11-13H2,1-2H3,(H,30,32)(H,33,35). The molecule has 1 amide bonds. The number of pyridine rings is 1. The summed E-state index contributed by atoms with van der Waals surface area (Å²) in [5, 5.41) is 10.1. The molecule has 0 radical (unpaired) electrons. The van der Waals surface area contributed by atoms with Crippen LogP contribution >= 0.6 is 0 Å². The van der Waals surface area contributed by atoms with Gasteiger partial charge in [-0.05, 0) is 43.2 Å². The predicted octanol–water partition coefficient (Wildman–Crippen LogP) is 5.47. The summed E-state index contributed by atoms with van der Waals surface area (Å²) in [5.41, 5.74) is 0.490. The number of hydrogen-bond donors (Lipinski definition) is 2. The third-order valence-corrected chi connectivity index (χ3v) is 5.94. The van der Waals surface area contributed by atoms with Gasteiger partial charge in [-0.1, -0.05) is 35.9 Å². The van der Waals surface area contributed by atoms with Gasteiger partial charge in [0, 0.05) is 25.2 Å². The third-order valence-electron chi connectivity index (χ3n) is 5.94. The number of methoxy groups -OCH3 is 1. The highest BCUT2D eigenvalue weighted by Crippen LogP contribution is 2.37. The first-order chi connectivity index (χ1) is 17.2. The van der Waals surface area contributed by atoms with Gasteiger partial charge in [0.25, 0.3) is 0 Å². The average molecular weight is 498 g/mol. The van der Waals surface area contributed by atoms with Gasteiger partial charge in [0.05, 0.1) is 36.0 Å². The fourth-order valence-corrected chi connectivity index (χ4v) is 3.88. The highest BCUT2D eigenvalue weighted by Gasteiger charge is 2.39. The number of amides is 1. The van der Waals surface area contributed by atoms with Crippen molar-refractivity contribution < 1.29 is 22.7 Å². The number of nitrogens with one attached hydrogen (secondary N) is 2. The molecule has 4 rings (SSSR count). The van der Waals surface area contributed by atoms with E-state index in [1.54, 1.807) is 42.4 Å². The Kier molecular flexibility index (Phi) is 7.25. The topological polar surface area (TPSA) is 81.1 Å². The van der Waals surface area contributed by atoms with Crippen LogP contribution in [0.5, 0.6) is 0 Å². The molecular weight excluding hydrogens is 471 g/mol. The zero-order valence-electron chi connectivity index (χ0n) is 19.8. The summed E-state index contributed by atoms with van der Waals surface area (Å²) in [4.78, 5) is 17.9. The van der Waals surface area contributed by atoms with Crippen molar-refractivity contribution in [2.45, 2.75) is 31.5 Å². The number of benzene rings is 1. The second-order valence-corrected chi connectivity index (χ2v) is 8.53. The van der Waals surface area contributed by atoms with E-state index in [-0.39, 0.29) is 5.69 Å². The van der Waals surface area contributed by atoms with Gasteiger partial charge in [-0.25, -0.2) is 4.98 Å². The first-order valence-corrected chi connectivity index (χ1v) is 11.3. The largest absolute Gasteiger partial charge is 0.416 e. The van der Waals surface area contributed by atoms with Crippen molar-refractivity contribution in [1.29, 1.82) is 0 Å². The van der Waals surface area contributed by atoms with E-state index in [9.17, 15) is 18.0 Å². The Hall–Kier alpha value is -3.92. The molecular formula is C26H26F3N5O2. The van der Waals surface area contributed by atoms with Crippen molar-refractivity contribution in [1.82, 2.24) is 14.8 Å². The summed E-state index contributed by atoms with van der Waals surface area (Å²) < 4.78 is 46.2. The minimum absolute atomic E-state index is 0.0746. The number of allylic oxidation sites excluding steroid dienone is 3. The number of carbonyl (C=O) groups is 1. The van der Waals surface area contributed by atoms with E-state index in [2.05, 4.69) is 20.7 Å². The molecule has 10 heteroatoms. The summed E-state index contributed by atoms with van der Waals surface area (Å²) in [6, 6.07) is 8.14. The van der Waals surface area contributed by atoms with Crippen LogP contribution in [0.2, 0.25) is 0 Å². The molecule has 0 spiro atoms. The van der Waals surface area contributed by atoms with E-state index in [1.807, 2.05) is 25.3 Å². The molecule has 2 N–H and O–H groups in total. The maximum absolute atomic E-state index is 13.5. The van der Waals surface area contributed by atoms with Crippen LogP contribution in [0.3, 0.4) is 0 Å². The maximum atomic E-state index is 13.5. The molecule has 2 aromatic heterocycles. The lowest BCUT2D eigenvalue weighted by molar-refractivity contribution is -0.137. The number of rotatable bonds is 8. The monoisotopic (exact) mass is 497 g/mol. The number of nitrogens with zero attached hydrogens (tertiary/aromatic N) is 3. The Balaban J connectivity index is 1.55. The molecule has 0 saturated heterocycles. The number of alkyl halides is 3. The number of aromatic nitrogens is 3. The van der Waals surface area contributed by atoms with Gasteiger partial charge in [-0.2, -0.15) is 18.3 Å². The number of carbonyl (C=O) groups excluding carboxylic acids is 1. The minimum Gasteiger partial charge on any atom is -0.383 e. The quantitative estimate of drug-likeness (QED) is 0.431. The van der Waals surface area contributed by atoms with Crippen LogP contribution in [0.15, 0.2) is 78.8 Å². The lowest BCUT2D eigenvalue weighted by Crippen LogP contribution is -2.39. The molecule has 0 bridgehead atoms. The second-order valence-electron chi connectivity index (χ2n) is 8.53. The van der Waals surface area contributed by atoms with Crippen LogP contribution in [0.4, 0.5) is 30.4 Å². The molecule has 1 aliphatic rings. The van der Waals surface area contributed by atoms with E-state index in [0.717, 1.165) is 23.4 Å². The van der Waals surface area contributed by atoms with Crippen molar-refractivity contribution in [2.24, 2.45) is 0 Å². The van der Waals surface area contributed by atoms with Gasteiger partial charge in [0.15, 0.2) is 0 Å². The summed E-state index contributed by atoms with van der Waals surface area (Å²) in [6.45, 7) is 3.08. The number of hydrogen-bond acceptors (Lipinski definition) is 5. The Morgan fingerprint density at radius 3 is 2.69 bits per heavy atom. The molecule has 0 saturated carbocycles. The van der Waals surface area contributed by atoms with Gasteiger partial charge in [-0.3, -0.25) is 9.48 Å². The normalized spacial score (nSPS) is 17.5. The third kappa shape index (κ3) is 5.65. The van der Waals surface area contributed by atoms with Gasteiger partial charge in [0.1, 0.15) is 5.82 Å². The molecule has 2 heterocycles. The van der Waals surface area contributed by atoms with E-state index in [4.69, 9.17) is 4.74 Å². The molecule has 1 aliphatic carbocycles. The Morgan fingerprint density at radius 2 is 2.03 bits per heavy atom. The van der Waals surface area contributed by atoms with Crippen LogP contribution < -0.4 is 10.6 Å². The zero-order chi connectivity index (χ0) is 25.8. The predicted molar refractivity (Wildman–Crippen MR) is 131 cm³/mol. The lowest BCUT2D eigenvalue weighted by atomic mass is 9.74. The molecule has 36 heavy (non-hydrogen) atoms. The first kappa shape index (κ1) is 25.2. The SMILES string of the molecule is COCCn1cc(Nc2ccc(C3(C(=O)Nc4cccc(C(F)(F)F)c4)C=CC(C)=CC3)cn2)cn1. The van der Waals surface area contributed by atoms with Crippen molar-refractivity contribution in [3.63, 3.8) is 0 Å². The molecule has 0 fully saturated rings. The highest BCUT2D eigenvalue weighted by atomic mass is 19.4. The summed E-state index contributed by atoms with van der Waals surface area (Å²) in [5.74, 6) is 0.119. The van der Waals surface area contributed by atoms with Crippen LogP contribution in [0.1, 0.15) is 24.5 Å². The Bertz CT molecular complexity index is 1280. The summed E-state index contributed by atoms with van der Waals surface area (Å²) >= 11 is 0. The molecule has 1 aromatic carbocycles. The van der Waals surface area contributed by atoms with Crippen LogP contribution in [-0.4, -0.2) is 34.4 Å². The zero-order valence-corrected chi connectivity index (χ0v) is 19.8. The van der Waals surface area contributed by atoms with Gasteiger partial charge in [-0.15, -0.1) is 0 Å². The van der Waals surface area contributed by atoms with Crippen LogP contribution in [0.25, 0.3) is 0 Å². The fraction of sp³-hybridized carbons (Fsp3) is 0.269. The van der Waals surface area contributed by atoms with Gasteiger partial charge >= 0.3 is 6.18 Å². The van der Waals surface area contributed by atoms with Gasteiger partial charge in [0.2, 0.25) is 5.91 Å². The van der Waals surface area contributed by atoms with Gasteiger partial charge < -0.3 is 15.4 Å². The maximum Gasteiger partial charge on any atom is 0.416 e. The van der Waals surface area contributed by atoms with E-state index in [1.165, 1.54) is 12.1 Å². The van der Waals surface area contributed by atoms with Crippen molar-refractivity contribution in [3.8, 4) is 0 Å². The second kappa shape index (κ2) is 10.4. The molecule has 1 unspecified atom stereocenters. The lowest BCUT2D eigenvalue weighted by Gasteiger charge is -2.31. The average Bonchev–Trinajstić information content (AvgIpc) is 3.30. The molecule has 7 nitrogen and oxygen atoms in total. The van der Waals surface area contributed by atoms with Crippen molar-refractivity contribution in [3.05, 3.63) is 89.9 Å². The van der Waals surface area contributed by atoms with E-state index < -0.39 is 23.1 Å². The summed E-state index contributed by atoms with van der Waals surface area (Å²) in [6.07, 6.45) is 6.47. The van der Waals surface area contributed by atoms with Crippen molar-refractivity contribution >= 4 is 23.1 Å². The minimum atomic E-state index is -4.50. The number of anilines is 3.